The zero-order chi connectivity index (χ0) is 18.5. The summed E-state index contributed by atoms with van der Waals surface area (Å²) in [5.41, 5.74) is 1.87. The fraction of sp³-hybridized carbons (Fsp3) is 0.450. The number of thiophene rings is 1. The Balaban J connectivity index is 1.48. The van der Waals surface area contributed by atoms with Gasteiger partial charge in [0, 0.05) is 24.0 Å². The summed E-state index contributed by atoms with van der Waals surface area (Å²) in [7, 11) is 0. The zero-order valence-electron chi connectivity index (χ0n) is 15.2. The van der Waals surface area contributed by atoms with Gasteiger partial charge in [-0.05, 0) is 61.5 Å². The standard InChI is InChI=1S/C20H25NO4S/c1-3-24-20(23)15-4-6-17(7-5-15)25-13-16(22)12-21-10-8-19-18(14(21)2)9-11-26-19/h4-7,9,11,14,16,22H,3,8,10,12-13H2,1-2H3/t14-,16+/m0/s1. The second kappa shape index (κ2) is 8.66. The Morgan fingerprint density at radius 1 is 1.35 bits per heavy atom. The van der Waals surface area contributed by atoms with Crippen LogP contribution < -0.4 is 4.74 Å². The first kappa shape index (κ1) is 18.9. The van der Waals surface area contributed by atoms with Crippen molar-refractivity contribution in [1.29, 1.82) is 0 Å². The van der Waals surface area contributed by atoms with Gasteiger partial charge in [-0.3, -0.25) is 4.90 Å². The van der Waals surface area contributed by atoms with Crippen molar-refractivity contribution in [3.63, 3.8) is 0 Å². The molecule has 6 heteroatoms. The lowest BCUT2D eigenvalue weighted by Crippen LogP contribution is -2.40. The van der Waals surface area contributed by atoms with Crippen LogP contribution in [0, 0.1) is 0 Å². The highest BCUT2D eigenvalue weighted by Gasteiger charge is 2.26. The second-order valence-electron chi connectivity index (χ2n) is 6.43. The van der Waals surface area contributed by atoms with Gasteiger partial charge < -0.3 is 14.6 Å². The highest BCUT2D eigenvalue weighted by molar-refractivity contribution is 7.10. The number of ether oxygens (including phenoxy) is 2. The van der Waals surface area contributed by atoms with Gasteiger partial charge in [-0.15, -0.1) is 11.3 Å². The van der Waals surface area contributed by atoms with Gasteiger partial charge in [0.25, 0.3) is 0 Å². The van der Waals surface area contributed by atoms with E-state index in [4.69, 9.17) is 9.47 Å². The summed E-state index contributed by atoms with van der Waals surface area (Å²) in [4.78, 5) is 15.4. The summed E-state index contributed by atoms with van der Waals surface area (Å²) < 4.78 is 10.6. The highest BCUT2D eigenvalue weighted by atomic mass is 32.1. The summed E-state index contributed by atoms with van der Waals surface area (Å²) in [6.07, 6.45) is 0.475. The third kappa shape index (κ3) is 4.44. The topological polar surface area (TPSA) is 59.0 Å². The van der Waals surface area contributed by atoms with Crippen molar-refractivity contribution in [3.05, 3.63) is 51.7 Å². The van der Waals surface area contributed by atoms with E-state index in [0.29, 0.717) is 30.5 Å². The maximum atomic E-state index is 11.6. The lowest BCUT2D eigenvalue weighted by molar-refractivity contribution is 0.0514. The Labute approximate surface area is 158 Å². The Bertz CT molecular complexity index is 728. The molecule has 1 N–H and O–H groups in total. The van der Waals surface area contributed by atoms with Crippen molar-refractivity contribution < 1.29 is 19.4 Å². The van der Waals surface area contributed by atoms with Crippen LogP contribution in [0.5, 0.6) is 5.75 Å². The lowest BCUT2D eigenvalue weighted by atomic mass is 10.0. The molecule has 0 unspecified atom stereocenters. The van der Waals surface area contributed by atoms with Gasteiger partial charge in [0.2, 0.25) is 0 Å². The van der Waals surface area contributed by atoms with Crippen molar-refractivity contribution in [1.82, 2.24) is 4.90 Å². The fourth-order valence-corrected chi connectivity index (χ4v) is 4.19. The van der Waals surface area contributed by atoms with Crippen LogP contribution in [0.2, 0.25) is 0 Å². The number of aliphatic hydroxyl groups is 1. The Hall–Kier alpha value is -1.89. The summed E-state index contributed by atoms with van der Waals surface area (Å²) >= 11 is 1.82. The molecule has 2 aromatic rings. The van der Waals surface area contributed by atoms with Crippen molar-refractivity contribution in [2.24, 2.45) is 0 Å². The van der Waals surface area contributed by atoms with Gasteiger partial charge in [-0.1, -0.05) is 0 Å². The van der Waals surface area contributed by atoms with E-state index < -0.39 is 6.10 Å². The molecule has 0 fully saturated rings. The average molecular weight is 375 g/mol. The van der Waals surface area contributed by atoms with Gasteiger partial charge >= 0.3 is 5.97 Å². The number of esters is 1. The molecule has 26 heavy (non-hydrogen) atoms. The second-order valence-corrected chi connectivity index (χ2v) is 7.43. The number of nitrogens with zero attached hydrogens (tertiary/aromatic N) is 1. The number of carbonyl (C=O) groups is 1. The average Bonchev–Trinajstić information content (AvgIpc) is 3.12. The number of hydrogen-bond donors (Lipinski definition) is 1. The smallest absolute Gasteiger partial charge is 0.338 e. The van der Waals surface area contributed by atoms with Crippen LogP contribution in [-0.2, 0) is 11.2 Å². The lowest BCUT2D eigenvalue weighted by Gasteiger charge is -2.34. The van der Waals surface area contributed by atoms with E-state index in [-0.39, 0.29) is 12.6 Å². The number of aliphatic hydroxyl groups excluding tert-OH is 1. The normalized spacial score (nSPS) is 18.2. The van der Waals surface area contributed by atoms with Crippen LogP contribution in [0.3, 0.4) is 0 Å². The molecule has 2 heterocycles. The number of benzene rings is 1. The van der Waals surface area contributed by atoms with Crippen molar-refractivity contribution >= 4 is 17.3 Å². The first-order valence-corrected chi connectivity index (χ1v) is 9.84. The monoisotopic (exact) mass is 375 g/mol. The van der Waals surface area contributed by atoms with E-state index in [1.54, 1.807) is 31.2 Å². The molecule has 0 saturated carbocycles. The van der Waals surface area contributed by atoms with E-state index in [2.05, 4.69) is 23.3 Å². The molecule has 1 aromatic heterocycles. The van der Waals surface area contributed by atoms with Crippen LogP contribution in [0.25, 0.3) is 0 Å². The molecular formula is C20H25NO4S. The summed E-state index contributed by atoms with van der Waals surface area (Å²) in [6.45, 7) is 6.08. The minimum absolute atomic E-state index is 0.221. The first-order chi connectivity index (χ1) is 12.6. The van der Waals surface area contributed by atoms with Gasteiger partial charge in [0.05, 0.1) is 12.2 Å². The van der Waals surface area contributed by atoms with E-state index in [0.717, 1.165) is 13.0 Å². The van der Waals surface area contributed by atoms with E-state index in [9.17, 15) is 9.90 Å². The van der Waals surface area contributed by atoms with Crippen LogP contribution in [0.1, 0.15) is 40.7 Å². The predicted molar refractivity (Wildman–Crippen MR) is 102 cm³/mol. The maximum Gasteiger partial charge on any atom is 0.338 e. The number of hydrogen-bond acceptors (Lipinski definition) is 6. The number of rotatable bonds is 7. The largest absolute Gasteiger partial charge is 0.491 e. The van der Waals surface area contributed by atoms with E-state index in [1.807, 2.05) is 11.3 Å². The van der Waals surface area contributed by atoms with Crippen LogP contribution in [0.15, 0.2) is 35.7 Å². The predicted octanol–water partition coefficient (Wildman–Crippen LogP) is 3.28. The summed E-state index contributed by atoms with van der Waals surface area (Å²) in [5, 5.41) is 12.5. The number of fused-ring (bicyclic) bond motifs is 1. The molecule has 0 radical (unpaired) electrons. The fourth-order valence-electron chi connectivity index (χ4n) is 3.23. The van der Waals surface area contributed by atoms with Gasteiger partial charge in [0.15, 0.2) is 0 Å². The quantitative estimate of drug-likeness (QED) is 0.753. The molecule has 0 bridgehead atoms. The zero-order valence-corrected chi connectivity index (χ0v) is 16.0. The molecular weight excluding hydrogens is 350 g/mol. The Morgan fingerprint density at radius 3 is 2.85 bits per heavy atom. The minimum Gasteiger partial charge on any atom is -0.491 e. The SMILES string of the molecule is CCOC(=O)c1ccc(OC[C@H](O)CN2CCc3sccc3[C@@H]2C)cc1. The van der Waals surface area contributed by atoms with Crippen molar-refractivity contribution in [2.75, 3.05) is 26.3 Å². The molecule has 1 aliphatic heterocycles. The highest BCUT2D eigenvalue weighted by Crippen LogP contribution is 2.32. The third-order valence-electron chi connectivity index (χ3n) is 4.66. The molecule has 5 nitrogen and oxygen atoms in total. The van der Waals surface area contributed by atoms with Gasteiger partial charge in [0.1, 0.15) is 18.5 Å². The first-order valence-electron chi connectivity index (χ1n) is 8.96. The molecule has 1 aliphatic rings. The minimum atomic E-state index is -0.567. The number of β-amino-alcohol motifs (C(OH)–C–C–N with tert-alkyl or cyclic N) is 1. The van der Waals surface area contributed by atoms with Crippen LogP contribution in [0.4, 0.5) is 0 Å². The molecule has 3 rings (SSSR count). The molecule has 1 aromatic carbocycles. The molecule has 0 saturated heterocycles. The third-order valence-corrected chi connectivity index (χ3v) is 5.65. The van der Waals surface area contributed by atoms with Crippen molar-refractivity contribution in [3.8, 4) is 5.75 Å². The number of carbonyl (C=O) groups excluding carboxylic acids is 1. The van der Waals surface area contributed by atoms with Crippen LogP contribution in [-0.4, -0.2) is 48.4 Å². The van der Waals surface area contributed by atoms with Gasteiger partial charge in [-0.25, -0.2) is 4.79 Å². The van der Waals surface area contributed by atoms with Gasteiger partial charge in [-0.2, -0.15) is 0 Å². The van der Waals surface area contributed by atoms with Crippen molar-refractivity contribution in [2.45, 2.75) is 32.4 Å². The summed E-state index contributed by atoms with van der Waals surface area (Å²) in [6, 6.07) is 9.30. The van der Waals surface area contributed by atoms with E-state index >= 15 is 0 Å². The van der Waals surface area contributed by atoms with E-state index in [1.165, 1.54) is 10.4 Å². The molecule has 2 atom stereocenters. The molecule has 0 spiro atoms. The summed E-state index contributed by atoms with van der Waals surface area (Å²) in [5.74, 6) is 0.287. The molecule has 140 valence electrons. The Kier molecular flexibility index (Phi) is 6.29. The molecule has 0 amide bonds. The maximum absolute atomic E-state index is 11.6. The molecule has 0 aliphatic carbocycles. The van der Waals surface area contributed by atoms with Crippen LogP contribution >= 0.6 is 11.3 Å². The Morgan fingerprint density at radius 2 is 2.12 bits per heavy atom.